The third-order valence-corrected chi connectivity index (χ3v) is 6.63. The number of hydrogen-bond donors (Lipinski definition) is 0. The standard InChI is InChI=1S/C24H23F3N4O2S/c1-15-12-20(16(2)30(15)11-10-17-4-7-19(33-3)8-5-17)21(32)14-34-23-29-28-22-9-6-18(13-31(22)23)24(25,26)27/h4-9,12-13H,10-11,14H2,1-3H3. The van der Waals surface area contributed by atoms with Gasteiger partial charge in [0, 0.05) is 29.7 Å². The molecule has 0 saturated carbocycles. The molecule has 0 fully saturated rings. The Morgan fingerprint density at radius 1 is 1.09 bits per heavy atom. The normalized spacial score (nSPS) is 11.8. The summed E-state index contributed by atoms with van der Waals surface area (Å²) >= 11 is 1.07. The molecular weight excluding hydrogens is 465 g/mol. The van der Waals surface area contributed by atoms with E-state index in [0.29, 0.717) is 11.2 Å². The Kier molecular flexibility index (Phi) is 6.70. The maximum absolute atomic E-state index is 13.1. The highest BCUT2D eigenvalue weighted by molar-refractivity contribution is 7.99. The lowest BCUT2D eigenvalue weighted by Gasteiger charge is -2.10. The Hall–Kier alpha value is -3.27. The molecule has 0 amide bonds. The van der Waals surface area contributed by atoms with Crippen LogP contribution in [-0.4, -0.2) is 37.8 Å². The Morgan fingerprint density at radius 3 is 2.50 bits per heavy atom. The summed E-state index contributed by atoms with van der Waals surface area (Å²) in [5.41, 5.74) is 3.09. The molecule has 0 spiro atoms. The van der Waals surface area contributed by atoms with Crippen LogP contribution in [0.1, 0.15) is 32.9 Å². The molecule has 1 aromatic carbocycles. The van der Waals surface area contributed by atoms with Crippen molar-refractivity contribution in [1.82, 2.24) is 19.2 Å². The minimum absolute atomic E-state index is 0.0415. The number of thioether (sulfide) groups is 1. The first kappa shape index (κ1) is 23.9. The van der Waals surface area contributed by atoms with Gasteiger partial charge >= 0.3 is 6.18 Å². The number of hydrogen-bond acceptors (Lipinski definition) is 5. The molecule has 0 aliphatic carbocycles. The summed E-state index contributed by atoms with van der Waals surface area (Å²) in [5.74, 6) is 0.731. The van der Waals surface area contributed by atoms with Crippen molar-refractivity contribution in [2.75, 3.05) is 12.9 Å². The zero-order valence-corrected chi connectivity index (χ0v) is 19.7. The second-order valence-electron chi connectivity index (χ2n) is 7.87. The molecule has 4 rings (SSSR count). The van der Waals surface area contributed by atoms with Crippen LogP contribution in [0.2, 0.25) is 0 Å². The number of carbonyl (C=O) groups is 1. The lowest BCUT2D eigenvalue weighted by molar-refractivity contribution is -0.137. The molecule has 0 saturated heterocycles. The van der Waals surface area contributed by atoms with E-state index in [1.54, 1.807) is 7.11 Å². The first-order chi connectivity index (χ1) is 16.2. The van der Waals surface area contributed by atoms with Crippen molar-refractivity contribution in [1.29, 1.82) is 0 Å². The summed E-state index contributed by atoms with van der Waals surface area (Å²) in [5, 5.41) is 8.08. The van der Waals surface area contributed by atoms with Gasteiger partial charge in [0.2, 0.25) is 0 Å². The zero-order valence-electron chi connectivity index (χ0n) is 18.9. The Bertz CT molecular complexity index is 1330. The van der Waals surface area contributed by atoms with Crippen LogP contribution in [0.4, 0.5) is 13.2 Å². The lowest BCUT2D eigenvalue weighted by Crippen LogP contribution is -2.09. The predicted octanol–water partition coefficient (Wildman–Crippen LogP) is 5.39. The van der Waals surface area contributed by atoms with E-state index < -0.39 is 11.7 Å². The Balaban J connectivity index is 1.45. The average molecular weight is 489 g/mol. The highest BCUT2D eigenvalue weighted by Gasteiger charge is 2.31. The fourth-order valence-corrected chi connectivity index (χ4v) is 4.60. The summed E-state index contributed by atoms with van der Waals surface area (Å²) in [7, 11) is 1.63. The molecule has 0 atom stereocenters. The maximum atomic E-state index is 13.1. The quantitative estimate of drug-likeness (QED) is 0.246. The van der Waals surface area contributed by atoms with Gasteiger partial charge in [0.05, 0.1) is 18.4 Å². The number of pyridine rings is 1. The van der Waals surface area contributed by atoms with Gasteiger partial charge in [-0.1, -0.05) is 23.9 Å². The number of fused-ring (bicyclic) bond motifs is 1. The van der Waals surface area contributed by atoms with Crippen molar-refractivity contribution in [3.63, 3.8) is 0 Å². The highest BCUT2D eigenvalue weighted by Crippen LogP contribution is 2.30. The minimum atomic E-state index is -4.47. The van der Waals surface area contributed by atoms with Crippen LogP contribution in [0.3, 0.4) is 0 Å². The van der Waals surface area contributed by atoms with Crippen molar-refractivity contribution in [3.8, 4) is 5.75 Å². The van der Waals surface area contributed by atoms with E-state index in [-0.39, 0.29) is 16.7 Å². The molecule has 0 bridgehead atoms. The van der Waals surface area contributed by atoms with Gasteiger partial charge in [-0.25, -0.2) is 0 Å². The molecule has 10 heteroatoms. The number of carbonyl (C=O) groups excluding carboxylic acids is 1. The van der Waals surface area contributed by atoms with E-state index in [4.69, 9.17) is 4.74 Å². The van der Waals surface area contributed by atoms with Crippen LogP contribution in [0.25, 0.3) is 5.65 Å². The van der Waals surface area contributed by atoms with Gasteiger partial charge < -0.3 is 9.30 Å². The van der Waals surface area contributed by atoms with Gasteiger partial charge in [0.1, 0.15) is 5.75 Å². The molecule has 4 aromatic rings. The molecular formula is C24H23F3N4O2S. The number of ether oxygens (including phenoxy) is 1. The predicted molar refractivity (Wildman–Crippen MR) is 124 cm³/mol. The number of halogens is 3. The summed E-state index contributed by atoms with van der Waals surface area (Å²) in [6.07, 6.45) is -2.72. The first-order valence-electron chi connectivity index (χ1n) is 10.5. The van der Waals surface area contributed by atoms with Crippen molar-refractivity contribution in [2.24, 2.45) is 0 Å². The van der Waals surface area contributed by atoms with Crippen molar-refractivity contribution in [3.05, 3.63) is 76.7 Å². The van der Waals surface area contributed by atoms with Gasteiger partial charge in [-0.05, 0) is 56.2 Å². The van der Waals surface area contributed by atoms with E-state index in [1.807, 2.05) is 44.2 Å². The molecule has 3 aromatic heterocycles. The van der Waals surface area contributed by atoms with Crippen LogP contribution in [0.5, 0.6) is 5.75 Å². The third-order valence-electron chi connectivity index (χ3n) is 5.69. The smallest absolute Gasteiger partial charge is 0.417 e. The van der Waals surface area contributed by atoms with E-state index in [9.17, 15) is 18.0 Å². The molecule has 6 nitrogen and oxygen atoms in total. The topological polar surface area (TPSA) is 61.4 Å². The van der Waals surface area contributed by atoms with Crippen LogP contribution >= 0.6 is 11.8 Å². The minimum Gasteiger partial charge on any atom is -0.497 e. The number of methoxy groups -OCH3 is 1. The van der Waals surface area contributed by atoms with Gasteiger partial charge in [0.15, 0.2) is 16.6 Å². The van der Waals surface area contributed by atoms with Gasteiger partial charge in [-0.15, -0.1) is 10.2 Å². The summed E-state index contributed by atoms with van der Waals surface area (Å²) in [6, 6.07) is 12.0. The summed E-state index contributed by atoms with van der Waals surface area (Å²) in [4.78, 5) is 12.9. The van der Waals surface area contributed by atoms with Gasteiger partial charge in [0.25, 0.3) is 0 Å². The lowest BCUT2D eigenvalue weighted by atomic mass is 10.1. The second-order valence-corrected chi connectivity index (χ2v) is 8.82. The number of Topliss-reactive ketones (excluding diaryl/α,β-unsaturated/α-hetero) is 1. The van der Waals surface area contributed by atoms with Gasteiger partial charge in [-0.2, -0.15) is 13.2 Å². The summed E-state index contributed by atoms with van der Waals surface area (Å²) in [6.45, 7) is 4.58. The number of alkyl halides is 3. The fraction of sp³-hybridized carbons (Fsp3) is 0.292. The van der Waals surface area contributed by atoms with Crippen molar-refractivity contribution in [2.45, 2.75) is 38.1 Å². The summed E-state index contributed by atoms with van der Waals surface area (Å²) < 4.78 is 47.7. The first-order valence-corrected chi connectivity index (χ1v) is 11.5. The SMILES string of the molecule is COc1ccc(CCn2c(C)cc(C(=O)CSc3nnc4ccc(C(F)(F)F)cn34)c2C)cc1. The number of benzene rings is 1. The van der Waals surface area contributed by atoms with Crippen molar-refractivity contribution < 1.29 is 22.7 Å². The number of nitrogens with zero attached hydrogens (tertiary/aromatic N) is 4. The zero-order chi connectivity index (χ0) is 24.5. The van der Waals surface area contributed by atoms with E-state index in [0.717, 1.165) is 59.7 Å². The number of ketones is 1. The molecule has 0 N–H and O–H groups in total. The molecule has 0 radical (unpaired) electrons. The number of rotatable bonds is 8. The monoisotopic (exact) mass is 488 g/mol. The van der Waals surface area contributed by atoms with Crippen LogP contribution in [-0.2, 0) is 19.1 Å². The average Bonchev–Trinajstić information content (AvgIpc) is 3.35. The van der Waals surface area contributed by atoms with Crippen LogP contribution in [0, 0.1) is 13.8 Å². The second kappa shape index (κ2) is 9.54. The molecule has 3 heterocycles. The van der Waals surface area contributed by atoms with E-state index in [2.05, 4.69) is 14.8 Å². The highest BCUT2D eigenvalue weighted by atomic mass is 32.2. The Labute approximate surface area is 198 Å². The van der Waals surface area contributed by atoms with Gasteiger partial charge in [-0.3, -0.25) is 9.20 Å². The van der Waals surface area contributed by atoms with E-state index >= 15 is 0 Å². The molecule has 0 aliphatic rings. The van der Waals surface area contributed by atoms with Crippen LogP contribution < -0.4 is 4.74 Å². The van der Waals surface area contributed by atoms with E-state index in [1.165, 1.54) is 10.5 Å². The van der Waals surface area contributed by atoms with Crippen molar-refractivity contribution >= 4 is 23.2 Å². The fourth-order valence-electron chi connectivity index (χ4n) is 3.80. The third kappa shape index (κ3) is 4.96. The number of aryl methyl sites for hydroxylation is 2. The molecule has 34 heavy (non-hydrogen) atoms. The largest absolute Gasteiger partial charge is 0.497 e. The van der Waals surface area contributed by atoms with Crippen LogP contribution in [0.15, 0.2) is 53.8 Å². The number of aromatic nitrogens is 4. The molecule has 0 aliphatic heterocycles. The molecule has 0 unspecified atom stereocenters. The molecule has 178 valence electrons. The Morgan fingerprint density at radius 2 is 1.82 bits per heavy atom. The maximum Gasteiger partial charge on any atom is 0.417 e.